The average Bonchev–Trinajstić information content (AvgIpc) is 3.31. The minimum Gasteiger partial charge on any atom is -0.458 e. The third-order valence-corrected chi connectivity index (χ3v) is 9.28. The van der Waals surface area contributed by atoms with Gasteiger partial charge in [-0.25, -0.2) is 4.79 Å². The number of alkyl carbamates (subject to hydrolysis) is 1. The summed E-state index contributed by atoms with van der Waals surface area (Å²) in [5.74, 6) is -2.77. The number of rotatable bonds is 5. The van der Waals surface area contributed by atoms with E-state index in [4.69, 9.17) is 23.7 Å². The van der Waals surface area contributed by atoms with Crippen LogP contribution in [0.3, 0.4) is 0 Å². The summed E-state index contributed by atoms with van der Waals surface area (Å²) in [6.07, 6.45) is -2.35. The van der Waals surface area contributed by atoms with Crippen molar-refractivity contribution in [2.75, 3.05) is 21.2 Å². The number of aliphatic hydroxyl groups excluding tert-OH is 1. The lowest BCUT2D eigenvalue weighted by Crippen LogP contribution is -2.55. The largest absolute Gasteiger partial charge is 0.458 e. The lowest BCUT2D eigenvalue weighted by Gasteiger charge is -2.46. The number of nitrogens with zero attached hydrogens (tertiary/aromatic N) is 1. The molecule has 0 bridgehead atoms. The van der Waals surface area contributed by atoms with E-state index < -0.39 is 72.2 Å². The first-order valence-corrected chi connectivity index (χ1v) is 14.6. The fourth-order valence-electron chi connectivity index (χ4n) is 6.31. The second-order valence-electron chi connectivity index (χ2n) is 12.4. The van der Waals surface area contributed by atoms with Crippen LogP contribution in [0.15, 0.2) is 0 Å². The van der Waals surface area contributed by atoms with Gasteiger partial charge in [0.05, 0.1) is 35.9 Å². The van der Waals surface area contributed by atoms with E-state index in [1.807, 2.05) is 41.8 Å². The van der Waals surface area contributed by atoms with Crippen molar-refractivity contribution in [1.29, 1.82) is 0 Å². The molecule has 2 N–H and O–H groups in total. The molecule has 3 aliphatic heterocycles. The third kappa shape index (κ3) is 7.15. The smallest absolute Gasteiger partial charge is 0.407 e. The Morgan fingerprint density at radius 1 is 1.07 bits per heavy atom. The average molecular weight is 571 g/mol. The van der Waals surface area contributed by atoms with Gasteiger partial charge in [0.2, 0.25) is 0 Å². The Morgan fingerprint density at radius 2 is 1.75 bits per heavy atom. The highest BCUT2D eigenvalue weighted by Crippen LogP contribution is 2.37. The van der Waals surface area contributed by atoms with E-state index in [2.05, 4.69) is 10.2 Å². The summed E-state index contributed by atoms with van der Waals surface area (Å²) in [5, 5.41) is 14.2. The molecule has 230 valence electrons. The van der Waals surface area contributed by atoms with E-state index in [0.717, 1.165) is 6.42 Å². The Balaban J connectivity index is 1.97. The number of carbonyl (C=O) groups is 3. The van der Waals surface area contributed by atoms with Crippen LogP contribution in [0.4, 0.5) is 4.79 Å². The number of methoxy groups -OCH3 is 1. The molecule has 40 heavy (non-hydrogen) atoms. The summed E-state index contributed by atoms with van der Waals surface area (Å²) in [6, 6.07) is -0.402. The summed E-state index contributed by atoms with van der Waals surface area (Å²) < 4.78 is 30.1. The van der Waals surface area contributed by atoms with E-state index in [0.29, 0.717) is 19.3 Å². The van der Waals surface area contributed by atoms with Crippen LogP contribution in [0.5, 0.6) is 0 Å². The van der Waals surface area contributed by atoms with Crippen LogP contribution >= 0.6 is 0 Å². The molecule has 3 saturated heterocycles. The first-order chi connectivity index (χ1) is 18.7. The van der Waals surface area contributed by atoms with Gasteiger partial charge in [0.25, 0.3) is 0 Å². The van der Waals surface area contributed by atoms with Gasteiger partial charge in [-0.3, -0.25) is 9.59 Å². The number of carbonyl (C=O) groups excluding carboxylic acids is 3. The van der Waals surface area contributed by atoms with Gasteiger partial charge in [-0.1, -0.05) is 20.8 Å². The van der Waals surface area contributed by atoms with Gasteiger partial charge in [-0.15, -0.1) is 0 Å². The SMILES string of the molecule is CCC1OC(=O)[C@H](C)[C@@H](O)[C@H](C)[C@@H](O[C@H]2CC(N(C)C)C[C@@H](C)O2)[C@@](C)(OC)CCC(=O)[C@H](C)[C@H]2NC(=O)O[C@H]12. The van der Waals surface area contributed by atoms with Crippen molar-refractivity contribution < 1.29 is 43.2 Å². The Bertz CT molecular complexity index is 901. The molecular formula is C29H50N2O9. The number of hydrogen-bond acceptors (Lipinski definition) is 10. The summed E-state index contributed by atoms with van der Waals surface area (Å²) in [4.78, 5) is 41.1. The van der Waals surface area contributed by atoms with E-state index >= 15 is 0 Å². The first-order valence-electron chi connectivity index (χ1n) is 14.6. The number of ketones is 1. The molecule has 0 aromatic rings. The highest BCUT2D eigenvalue weighted by molar-refractivity contribution is 5.83. The second-order valence-corrected chi connectivity index (χ2v) is 12.4. The topological polar surface area (TPSA) is 133 Å². The predicted molar refractivity (Wildman–Crippen MR) is 146 cm³/mol. The number of aliphatic hydroxyl groups is 1. The number of cyclic esters (lactones) is 1. The van der Waals surface area contributed by atoms with Crippen LogP contribution in [0.25, 0.3) is 0 Å². The number of ether oxygens (including phenoxy) is 5. The molecule has 0 radical (unpaired) electrons. The van der Waals surface area contributed by atoms with E-state index in [9.17, 15) is 19.5 Å². The third-order valence-electron chi connectivity index (χ3n) is 9.28. The van der Waals surface area contributed by atoms with Crippen LogP contribution in [-0.4, -0.2) is 104 Å². The fraction of sp³-hybridized carbons (Fsp3) is 0.897. The fourth-order valence-corrected chi connectivity index (χ4v) is 6.31. The minimum absolute atomic E-state index is 0.0298. The summed E-state index contributed by atoms with van der Waals surface area (Å²) in [7, 11) is 5.61. The van der Waals surface area contributed by atoms with Gasteiger partial charge < -0.3 is 39.0 Å². The number of hydrogen-bond donors (Lipinski definition) is 2. The zero-order chi connectivity index (χ0) is 29.9. The van der Waals surface area contributed by atoms with Crippen LogP contribution in [0, 0.1) is 17.8 Å². The van der Waals surface area contributed by atoms with Gasteiger partial charge in [-0.2, -0.15) is 0 Å². The maximum Gasteiger partial charge on any atom is 0.407 e. The first kappa shape index (κ1) is 32.7. The van der Waals surface area contributed by atoms with Gasteiger partial charge in [0.15, 0.2) is 12.4 Å². The van der Waals surface area contributed by atoms with Crippen molar-refractivity contribution in [2.24, 2.45) is 17.8 Å². The molecule has 3 heterocycles. The number of fused-ring (bicyclic) bond motifs is 1. The number of amides is 1. The Morgan fingerprint density at radius 3 is 2.35 bits per heavy atom. The monoisotopic (exact) mass is 570 g/mol. The van der Waals surface area contributed by atoms with Crippen molar-refractivity contribution in [2.45, 2.75) is 128 Å². The summed E-state index contributed by atoms with van der Waals surface area (Å²) in [6.45, 7) is 10.9. The Kier molecular flexibility index (Phi) is 11.0. The lowest BCUT2D eigenvalue weighted by molar-refractivity contribution is -0.269. The minimum atomic E-state index is -1.15. The molecule has 0 aromatic carbocycles. The summed E-state index contributed by atoms with van der Waals surface area (Å²) >= 11 is 0. The van der Waals surface area contributed by atoms with Crippen LogP contribution in [0.2, 0.25) is 0 Å². The van der Waals surface area contributed by atoms with E-state index in [-0.39, 0.29) is 24.3 Å². The molecular weight excluding hydrogens is 520 g/mol. The number of Topliss-reactive ketones (excluding diaryl/α,β-unsaturated/α-hetero) is 1. The second kappa shape index (κ2) is 13.5. The molecule has 3 aliphatic rings. The highest BCUT2D eigenvalue weighted by Gasteiger charge is 2.49. The molecule has 3 rings (SSSR count). The predicted octanol–water partition coefficient (Wildman–Crippen LogP) is 2.66. The molecule has 0 aliphatic carbocycles. The molecule has 3 fully saturated rings. The lowest BCUT2D eigenvalue weighted by atomic mass is 9.78. The molecule has 12 atom stereocenters. The summed E-state index contributed by atoms with van der Waals surface area (Å²) in [5.41, 5.74) is -0.998. The van der Waals surface area contributed by atoms with Crippen molar-refractivity contribution in [3.8, 4) is 0 Å². The van der Waals surface area contributed by atoms with E-state index in [1.54, 1.807) is 21.0 Å². The molecule has 11 nitrogen and oxygen atoms in total. The van der Waals surface area contributed by atoms with Crippen molar-refractivity contribution in [1.82, 2.24) is 10.2 Å². The van der Waals surface area contributed by atoms with Crippen molar-refractivity contribution in [3.05, 3.63) is 0 Å². The number of nitrogens with one attached hydrogen (secondary N) is 1. The van der Waals surface area contributed by atoms with Crippen molar-refractivity contribution >= 4 is 17.8 Å². The van der Waals surface area contributed by atoms with Crippen LogP contribution in [-0.2, 0) is 33.3 Å². The molecule has 0 aromatic heterocycles. The van der Waals surface area contributed by atoms with Gasteiger partial charge in [0.1, 0.15) is 11.9 Å². The maximum absolute atomic E-state index is 13.5. The van der Waals surface area contributed by atoms with Gasteiger partial charge >= 0.3 is 12.1 Å². The zero-order valence-electron chi connectivity index (χ0n) is 25.5. The van der Waals surface area contributed by atoms with Crippen LogP contribution < -0.4 is 5.32 Å². The Hall–Kier alpha value is -1.79. The molecule has 0 spiro atoms. The standard InChI is InChI=1S/C29H50N2O9/c1-10-21-25-23(30-28(35)40-25)16(3)20(32)11-12-29(6,36-9)26(17(4)24(33)18(5)27(34)38-21)39-22-14-19(31(7)8)13-15(2)37-22/h15-19,21-26,33H,10-14H2,1-9H3,(H,30,35)/t15-,16+,17+,18-,19?,21?,22+,23-,24+,25-,26-,29+/m1/s1. The maximum atomic E-state index is 13.5. The number of esters is 1. The molecule has 2 unspecified atom stereocenters. The van der Waals surface area contributed by atoms with Gasteiger partial charge in [0, 0.05) is 37.8 Å². The molecule has 1 amide bonds. The van der Waals surface area contributed by atoms with E-state index in [1.165, 1.54) is 0 Å². The molecule has 0 saturated carbocycles. The van der Waals surface area contributed by atoms with Gasteiger partial charge in [-0.05, 0) is 54.1 Å². The Labute approximate surface area is 238 Å². The molecule has 11 heteroatoms. The quantitative estimate of drug-likeness (QED) is 0.475. The van der Waals surface area contributed by atoms with Crippen LogP contribution in [0.1, 0.15) is 73.6 Å². The normalized spacial score (nSPS) is 43.9. The van der Waals surface area contributed by atoms with Crippen molar-refractivity contribution in [3.63, 3.8) is 0 Å². The highest BCUT2D eigenvalue weighted by atomic mass is 16.7. The zero-order valence-corrected chi connectivity index (χ0v) is 25.5.